The van der Waals surface area contributed by atoms with E-state index >= 15 is 0 Å². The Morgan fingerprint density at radius 2 is 2.25 bits per heavy atom. The van der Waals surface area contributed by atoms with Crippen molar-refractivity contribution >= 4 is 5.69 Å². The van der Waals surface area contributed by atoms with E-state index in [1.807, 2.05) is 0 Å². The molecule has 0 fully saturated rings. The third-order valence-electron chi connectivity index (χ3n) is 3.39. The van der Waals surface area contributed by atoms with Crippen molar-refractivity contribution in [3.05, 3.63) is 23.8 Å². The number of benzene rings is 1. The maximum atomic E-state index is 5.84. The van der Waals surface area contributed by atoms with Gasteiger partial charge in [-0.3, -0.25) is 4.90 Å². The minimum Gasteiger partial charge on any atom is -0.489 e. The molecule has 1 aliphatic heterocycles. The lowest BCUT2D eigenvalue weighted by Crippen LogP contribution is -2.31. The molecule has 0 aromatic heterocycles. The van der Waals surface area contributed by atoms with Crippen molar-refractivity contribution in [1.29, 1.82) is 0 Å². The number of anilines is 1. The molecule has 0 saturated carbocycles. The number of hydrogen-bond donors (Lipinski definition) is 1. The van der Waals surface area contributed by atoms with Gasteiger partial charge in [0.15, 0.2) is 0 Å². The second-order valence-electron chi connectivity index (χ2n) is 5.69. The van der Waals surface area contributed by atoms with Gasteiger partial charge in [0, 0.05) is 38.9 Å². The smallest absolute Gasteiger partial charge is 0.146 e. The van der Waals surface area contributed by atoms with Crippen LogP contribution in [-0.4, -0.2) is 44.9 Å². The molecule has 20 heavy (non-hydrogen) atoms. The number of nitrogens with one attached hydrogen (secondary N) is 1. The van der Waals surface area contributed by atoms with Gasteiger partial charge >= 0.3 is 0 Å². The zero-order valence-electron chi connectivity index (χ0n) is 12.8. The van der Waals surface area contributed by atoms with Crippen molar-refractivity contribution in [3.8, 4) is 5.75 Å². The summed E-state index contributed by atoms with van der Waals surface area (Å²) in [5.74, 6) is 1.66. The molecule has 0 unspecified atom stereocenters. The van der Waals surface area contributed by atoms with E-state index in [2.05, 4.69) is 42.3 Å². The van der Waals surface area contributed by atoms with Gasteiger partial charge in [0.1, 0.15) is 12.4 Å². The van der Waals surface area contributed by atoms with Crippen LogP contribution < -0.4 is 10.1 Å². The lowest BCUT2D eigenvalue weighted by atomic mass is 10.1. The Bertz CT molecular complexity index is 421. The normalized spacial score (nSPS) is 14.1. The van der Waals surface area contributed by atoms with Crippen LogP contribution in [0.3, 0.4) is 0 Å². The summed E-state index contributed by atoms with van der Waals surface area (Å²) in [6, 6.07) is 6.34. The van der Waals surface area contributed by atoms with Gasteiger partial charge in [-0.05, 0) is 12.0 Å². The van der Waals surface area contributed by atoms with E-state index in [1.165, 1.54) is 5.56 Å². The molecule has 0 bridgehead atoms. The second kappa shape index (κ2) is 7.50. The molecule has 1 N–H and O–H groups in total. The number of rotatable bonds is 7. The molecule has 2 rings (SSSR count). The predicted octanol–water partition coefficient (Wildman–Crippen LogP) is 2.60. The summed E-state index contributed by atoms with van der Waals surface area (Å²) in [6.07, 6.45) is 0. The summed E-state index contributed by atoms with van der Waals surface area (Å²) in [5, 5.41) is 3.39. The summed E-state index contributed by atoms with van der Waals surface area (Å²) < 4.78 is 11.1. The van der Waals surface area contributed by atoms with Crippen LogP contribution in [-0.2, 0) is 11.3 Å². The molecule has 4 heteroatoms. The summed E-state index contributed by atoms with van der Waals surface area (Å²) in [6.45, 7) is 9.82. The quantitative estimate of drug-likeness (QED) is 0.831. The Morgan fingerprint density at radius 1 is 1.40 bits per heavy atom. The van der Waals surface area contributed by atoms with Gasteiger partial charge in [-0.1, -0.05) is 26.0 Å². The van der Waals surface area contributed by atoms with Gasteiger partial charge in [-0.15, -0.1) is 0 Å². The van der Waals surface area contributed by atoms with Gasteiger partial charge in [0.25, 0.3) is 0 Å². The fourth-order valence-corrected chi connectivity index (χ4v) is 2.57. The van der Waals surface area contributed by atoms with Crippen molar-refractivity contribution < 1.29 is 9.47 Å². The van der Waals surface area contributed by atoms with Crippen LogP contribution in [0.2, 0.25) is 0 Å². The molecule has 0 radical (unpaired) electrons. The highest BCUT2D eigenvalue weighted by atomic mass is 16.5. The molecule has 0 saturated heterocycles. The van der Waals surface area contributed by atoms with Crippen LogP contribution in [0.15, 0.2) is 18.2 Å². The minimum absolute atomic E-state index is 0.644. The molecule has 1 aromatic rings. The number of nitrogens with zero attached hydrogens (tertiary/aromatic N) is 1. The standard InChI is InChI=1S/C16H26N2O2/c1-13(2)11-18(8-10-19-3)12-14-5-4-6-15-16(14)20-9-7-17-15/h4-6,13,17H,7-12H2,1-3H3. The SMILES string of the molecule is COCCN(Cc1cccc2c1OCCN2)CC(C)C. The average molecular weight is 278 g/mol. The molecular formula is C16H26N2O2. The molecular weight excluding hydrogens is 252 g/mol. The Morgan fingerprint density at radius 3 is 3.00 bits per heavy atom. The Balaban J connectivity index is 2.09. The Labute approximate surface area is 122 Å². The number of para-hydroxylation sites is 1. The summed E-state index contributed by atoms with van der Waals surface area (Å²) in [4.78, 5) is 2.43. The first-order valence-corrected chi connectivity index (χ1v) is 7.40. The number of fused-ring (bicyclic) bond motifs is 1. The molecule has 0 amide bonds. The molecule has 1 heterocycles. The van der Waals surface area contributed by atoms with E-state index in [0.717, 1.165) is 50.8 Å². The lowest BCUT2D eigenvalue weighted by molar-refractivity contribution is 0.135. The topological polar surface area (TPSA) is 33.7 Å². The molecule has 1 aliphatic rings. The number of hydrogen-bond acceptors (Lipinski definition) is 4. The van der Waals surface area contributed by atoms with Crippen molar-refractivity contribution in [1.82, 2.24) is 4.90 Å². The Kier molecular flexibility index (Phi) is 5.68. The third-order valence-corrected chi connectivity index (χ3v) is 3.39. The first-order valence-electron chi connectivity index (χ1n) is 7.40. The van der Waals surface area contributed by atoms with Crippen molar-refractivity contribution in [3.63, 3.8) is 0 Å². The van der Waals surface area contributed by atoms with Crippen molar-refractivity contribution in [2.24, 2.45) is 5.92 Å². The average Bonchev–Trinajstić information content (AvgIpc) is 2.44. The van der Waals surface area contributed by atoms with Gasteiger partial charge in [-0.25, -0.2) is 0 Å². The van der Waals surface area contributed by atoms with Crippen molar-refractivity contribution in [2.45, 2.75) is 20.4 Å². The molecule has 0 atom stereocenters. The van der Waals surface area contributed by atoms with Crippen LogP contribution >= 0.6 is 0 Å². The molecule has 0 aliphatic carbocycles. The zero-order chi connectivity index (χ0) is 14.4. The molecule has 1 aromatic carbocycles. The van der Waals surface area contributed by atoms with Gasteiger partial charge in [0.05, 0.1) is 12.3 Å². The molecule has 0 spiro atoms. The van der Waals surface area contributed by atoms with E-state index in [1.54, 1.807) is 7.11 Å². The number of ether oxygens (including phenoxy) is 2. The van der Waals surface area contributed by atoms with Crippen LogP contribution in [0.25, 0.3) is 0 Å². The highest BCUT2D eigenvalue weighted by Crippen LogP contribution is 2.32. The van der Waals surface area contributed by atoms with Gasteiger partial charge in [0.2, 0.25) is 0 Å². The monoisotopic (exact) mass is 278 g/mol. The van der Waals surface area contributed by atoms with Crippen molar-refractivity contribution in [2.75, 3.05) is 45.3 Å². The molecule has 4 nitrogen and oxygen atoms in total. The maximum absolute atomic E-state index is 5.84. The van der Waals surface area contributed by atoms with Gasteiger partial charge < -0.3 is 14.8 Å². The highest BCUT2D eigenvalue weighted by molar-refractivity contribution is 5.61. The fraction of sp³-hybridized carbons (Fsp3) is 0.625. The minimum atomic E-state index is 0.644. The van der Waals surface area contributed by atoms with E-state index in [0.29, 0.717) is 5.92 Å². The summed E-state index contributed by atoms with van der Waals surface area (Å²) in [7, 11) is 1.75. The summed E-state index contributed by atoms with van der Waals surface area (Å²) >= 11 is 0. The summed E-state index contributed by atoms with van der Waals surface area (Å²) in [5.41, 5.74) is 2.37. The zero-order valence-corrected chi connectivity index (χ0v) is 12.8. The fourth-order valence-electron chi connectivity index (χ4n) is 2.57. The van der Waals surface area contributed by atoms with Crippen LogP contribution in [0, 0.1) is 5.92 Å². The largest absolute Gasteiger partial charge is 0.489 e. The van der Waals surface area contributed by atoms with Crippen LogP contribution in [0.1, 0.15) is 19.4 Å². The number of methoxy groups -OCH3 is 1. The van der Waals surface area contributed by atoms with Gasteiger partial charge in [-0.2, -0.15) is 0 Å². The highest BCUT2D eigenvalue weighted by Gasteiger charge is 2.16. The predicted molar refractivity (Wildman–Crippen MR) is 82.4 cm³/mol. The van der Waals surface area contributed by atoms with E-state index < -0.39 is 0 Å². The van der Waals surface area contributed by atoms with Crippen LogP contribution in [0.5, 0.6) is 5.75 Å². The second-order valence-corrected chi connectivity index (χ2v) is 5.69. The maximum Gasteiger partial charge on any atom is 0.146 e. The van der Waals surface area contributed by atoms with Crippen LogP contribution in [0.4, 0.5) is 5.69 Å². The van der Waals surface area contributed by atoms with E-state index in [4.69, 9.17) is 9.47 Å². The van der Waals surface area contributed by atoms with E-state index in [-0.39, 0.29) is 0 Å². The molecule has 112 valence electrons. The van der Waals surface area contributed by atoms with E-state index in [9.17, 15) is 0 Å². The first-order chi connectivity index (χ1) is 9.70. The Hall–Kier alpha value is -1.26. The third kappa shape index (κ3) is 4.12. The first kappa shape index (κ1) is 15.1. The lowest BCUT2D eigenvalue weighted by Gasteiger charge is -2.27.